The van der Waals surface area contributed by atoms with E-state index in [4.69, 9.17) is 0 Å². The third-order valence-electron chi connectivity index (χ3n) is 5.66. The molecule has 2 amide bonds. The monoisotopic (exact) mass is 432 g/mol. The molecule has 6 heteroatoms. The van der Waals surface area contributed by atoms with Crippen LogP contribution in [0.4, 0.5) is 20.2 Å². The third kappa shape index (κ3) is 3.68. The minimum absolute atomic E-state index is 0.0499. The zero-order valence-corrected chi connectivity index (χ0v) is 18.2. The topological polar surface area (TPSA) is 49.4 Å². The second-order valence-corrected chi connectivity index (χ2v) is 8.03. The summed E-state index contributed by atoms with van der Waals surface area (Å²) < 4.78 is 28.0. The van der Waals surface area contributed by atoms with Gasteiger partial charge in [0.05, 0.1) is 11.3 Å². The van der Waals surface area contributed by atoms with Gasteiger partial charge in [0.15, 0.2) is 0 Å². The Hall–Kier alpha value is -3.80. The second-order valence-electron chi connectivity index (χ2n) is 8.03. The lowest BCUT2D eigenvalue weighted by molar-refractivity contribution is -0.120. The lowest BCUT2D eigenvalue weighted by atomic mass is 9.97. The van der Waals surface area contributed by atoms with Gasteiger partial charge in [-0.25, -0.2) is 13.7 Å². The van der Waals surface area contributed by atoms with Crippen LogP contribution in [0.5, 0.6) is 0 Å². The molecule has 0 aliphatic carbocycles. The van der Waals surface area contributed by atoms with E-state index in [1.165, 1.54) is 0 Å². The first-order chi connectivity index (χ1) is 15.2. The number of carbonyl (C=O) groups is 2. The number of nitrogens with one attached hydrogen (secondary N) is 1. The molecule has 0 unspecified atom stereocenters. The van der Waals surface area contributed by atoms with E-state index in [1.807, 2.05) is 58.0 Å². The zero-order chi connectivity index (χ0) is 23.2. The molecule has 0 radical (unpaired) electrons. The molecule has 0 saturated carbocycles. The number of anilines is 2. The Bertz CT molecular complexity index is 1310. The Morgan fingerprint density at radius 3 is 2.16 bits per heavy atom. The molecule has 1 heterocycles. The Morgan fingerprint density at radius 2 is 1.50 bits per heavy atom. The number of halogens is 2. The van der Waals surface area contributed by atoms with Crippen molar-refractivity contribution in [3.8, 4) is 0 Å². The van der Waals surface area contributed by atoms with Crippen molar-refractivity contribution < 1.29 is 18.4 Å². The van der Waals surface area contributed by atoms with Gasteiger partial charge in [0.1, 0.15) is 17.3 Å². The molecule has 32 heavy (non-hydrogen) atoms. The van der Waals surface area contributed by atoms with Crippen LogP contribution < -0.4 is 10.2 Å². The molecule has 0 spiro atoms. The molecule has 0 bridgehead atoms. The Morgan fingerprint density at radius 1 is 0.750 bits per heavy atom. The maximum Gasteiger partial charge on any atom is 0.282 e. The number of amides is 2. The molecule has 0 aromatic heterocycles. The maximum atomic E-state index is 14.5. The lowest BCUT2D eigenvalue weighted by Crippen LogP contribution is -2.33. The van der Waals surface area contributed by atoms with Gasteiger partial charge in [-0.1, -0.05) is 29.8 Å². The van der Waals surface area contributed by atoms with Crippen LogP contribution in [0.1, 0.15) is 27.8 Å². The van der Waals surface area contributed by atoms with Crippen molar-refractivity contribution in [2.75, 3.05) is 10.2 Å². The summed E-state index contributed by atoms with van der Waals surface area (Å²) in [5, 5.41) is 3.08. The number of rotatable bonds is 4. The first-order valence-electron chi connectivity index (χ1n) is 10.2. The zero-order valence-electron chi connectivity index (χ0n) is 18.2. The Kier molecular flexibility index (Phi) is 5.38. The molecule has 1 N–H and O–H groups in total. The number of hydrogen-bond donors (Lipinski definition) is 1. The van der Waals surface area contributed by atoms with Crippen LogP contribution in [0.15, 0.2) is 60.3 Å². The van der Waals surface area contributed by atoms with Gasteiger partial charge in [-0.15, -0.1) is 0 Å². The van der Waals surface area contributed by atoms with Crippen molar-refractivity contribution in [3.05, 3.63) is 99.7 Å². The predicted molar refractivity (Wildman–Crippen MR) is 121 cm³/mol. The molecule has 1 aliphatic rings. The fourth-order valence-corrected chi connectivity index (χ4v) is 3.83. The summed E-state index contributed by atoms with van der Waals surface area (Å²) in [7, 11) is 0. The fraction of sp³-hybridized carbons (Fsp3) is 0.154. The van der Waals surface area contributed by atoms with Gasteiger partial charge in [-0.05, 0) is 74.2 Å². The average molecular weight is 432 g/mol. The highest BCUT2D eigenvalue weighted by Crippen LogP contribution is 2.36. The van der Waals surface area contributed by atoms with Gasteiger partial charge >= 0.3 is 0 Å². The van der Waals surface area contributed by atoms with Crippen LogP contribution in [0, 0.1) is 39.3 Å². The number of imide groups is 1. The largest absolute Gasteiger partial charge is 0.350 e. The van der Waals surface area contributed by atoms with Gasteiger partial charge in [0.25, 0.3) is 11.8 Å². The molecule has 0 atom stereocenters. The highest BCUT2D eigenvalue weighted by molar-refractivity contribution is 6.46. The summed E-state index contributed by atoms with van der Waals surface area (Å²) in [4.78, 5) is 27.6. The van der Waals surface area contributed by atoms with Gasteiger partial charge in [-0.3, -0.25) is 9.59 Å². The highest BCUT2D eigenvalue weighted by atomic mass is 19.1. The maximum absolute atomic E-state index is 14.5. The quantitative estimate of drug-likeness (QED) is 0.547. The van der Waals surface area contributed by atoms with E-state index in [-0.39, 0.29) is 17.0 Å². The summed E-state index contributed by atoms with van der Waals surface area (Å²) in [6.45, 7) is 7.70. The fourth-order valence-electron chi connectivity index (χ4n) is 3.83. The minimum Gasteiger partial charge on any atom is -0.350 e. The summed E-state index contributed by atoms with van der Waals surface area (Å²) in [5.41, 5.74) is 5.03. The van der Waals surface area contributed by atoms with E-state index in [9.17, 15) is 18.4 Å². The van der Waals surface area contributed by atoms with Gasteiger partial charge in [-0.2, -0.15) is 0 Å². The minimum atomic E-state index is -0.987. The SMILES string of the molecule is Cc1ccc(C2=C(Nc3ccc(C)c(C)c3)C(=O)N(c3ccc(F)cc3F)C2=O)c(C)c1. The van der Waals surface area contributed by atoms with Crippen molar-refractivity contribution in [2.24, 2.45) is 0 Å². The van der Waals surface area contributed by atoms with Gasteiger partial charge in [0, 0.05) is 11.8 Å². The normalized spacial score (nSPS) is 13.9. The molecule has 3 aromatic carbocycles. The summed E-state index contributed by atoms with van der Waals surface area (Å²) in [5.74, 6) is -3.15. The van der Waals surface area contributed by atoms with Crippen molar-refractivity contribution in [2.45, 2.75) is 27.7 Å². The van der Waals surface area contributed by atoms with Crippen LogP contribution >= 0.6 is 0 Å². The number of hydrogen-bond acceptors (Lipinski definition) is 3. The van der Waals surface area contributed by atoms with Crippen molar-refractivity contribution in [1.82, 2.24) is 0 Å². The van der Waals surface area contributed by atoms with Crippen LogP contribution in [0.25, 0.3) is 5.57 Å². The van der Waals surface area contributed by atoms with Crippen LogP contribution in [-0.2, 0) is 9.59 Å². The Balaban J connectivity index is 1.88. The molecule has 4 rings (SSSR count). The van der Waals surface area contributed by atoms with Crippen molar-refractivity contribution in [3.63, 3.8) is 0 Å². The van der Waals surface area contributed by atoms with Gasteiger partial charge < -0.3 is 5.32 Å². The second kappa shape index (κ2) is 8.04. The van der Waals surface area contributed by atoms with Gasteiger partial charge in [0.2, 0.25) is 0 Å². The molecular formula is C26H22F2N2O2. The van der Waals surface area contributed by atoms with E-state index in [0.717, 1.165) is 39.3 Å². The average Bonchev–Trinajstić information content (AvgIpc) is 2.95. The number of nitrogens with zero attached hydrogens (tertiary/aromatic N) is 1. The molecule has 1 aliphatic heterocycles. The number of benzene rings is 3. The lowest BCUT2D eigenvalue weighted by Gasteiger charge is -2.16. The van der Waals surface area contributed by atoms with Crippen LogP contribution in [0.3, 0.4) is 0 Å². The third-order valence-corrected chi connectivity index (χ3v) is 5.66. The van der Waals surface area contributed by atoms with Crippen LogP contribution in [-0.4, -0.2) is 11.8 Å². The standard InChI is InChI=1S/C26H22F2N2O2/c1-14-5-9-20(17(4)11-14)23-24(29-19-8-6-15(2)16(3)12-19)26(32)30(25(23)31)22-10-7-18(27)13-21(22)28/h5-13,29H,1-4H3. The smallest absolute Gasteiger partial charge is 0.282 e. The summed E-state index contributed by atoms with van der Waals surface area (Å²) in [6.07, 6.45) is 0. The number of aryl methyl sites for hydroxylation is 4. The molecule has 162 valence electrons. The van der Waals surface area contributed by atoms with E-state index in [1.54, 1.807) is 6.07 Å². The number of carbonyl (C=O) groups excluding carboxylic acids is 2. The predicted octanol–water partition coefficient (Wildman–Crippen LogP) is 5.60. The van der Waals surface area contributed by atoms with E-state index >= 15 is 0 Å². The summed E-state index contributed by atoms with van der Waals surface area (Å²) >= 11 is 0. The first kappa shape index (κ1) is 21.4. The van der Waals surface area contributed by atoms with Crippen LogP contribution in [0.2, 0.25) is 0 Å². The molecule has 4 nitrogen and oxygen atoms in total. The van der Waals surface area contributed by atoms with E-state index in [2.05, 4.69) is 5.32 Å². The first-order valence-corrected chi connectivity index (χ1v) is 10.2. The van der Waals surface area contributed by atoms with Crippen molar-refractivity contribution >= 4 is 28.8 Å². The Labute approximate surface area is 185 Å². The summed E-state index contributed by atoms with van der Waals surface area (Å²) in [6, 6.07) is 13.9. The molecule has 0 fully saturated rings. The molecule has 3 aromatic rings. The van der Waals surface area contributed by atoms with E-state index < -0.39 is 23.4 Å². The van der Waals surface area contributed by atoms with Crippen molar-refractivity contribution in [1.29, 1.82) is 0 Å². The van der Waals surface area contributed by atoms with E-state index in [0.29, 0.717) is 17.3 Å². The molecular weight excluding hydrogens is 410 g/mol. The molecule has 0 saturated heterocycles. The highest BCUT2D eigenvalue weighted by Gasteiger charge is 2.41.